The number of hydrogen-bond donors (Lipinski definition) is 1. The van der Waals surface area contributed by atoms with Crippen molar-refractivity contribution < 1.29 is 14.7 Å². The Kier molecular flexibility index (Phi) is 5.90. The fourth-order valence-corrected chi connectivity index (χ4v) is 8.88. The molecule has 4 aliphatic rings. The summed E-state index contributed by atoms with van der Waals surface area (Å²) in [5.41, 5.74) is 2.40. The number of rotatable bonds is 5. The first-order chi connectivity index (χ1) is 15.3. The molecular weight excluding hydrogens is 408 g/mol. The summed E-state index contributed by atoms with van der Waals surface area (Å²) in [6.07, 6.45) is 16.5. The van der Waals surface area contributed by atoms with Gasteiger partial charge < -0.3 is 5.11 Å². The number of carboxylic acid groups (broad SMARTS) is 1. The maximum atomic E-state index is 12.7. The van der Waals surface area contributed by atoms with E-state index in [1.54, 1.807) is 12.5 Å². The number of carboxylic acids is 1. The zero-order chi connectivity index (χ0) is 24.4. The Labute approximate surface area is 200 Å². The standard InChI is InChI=1S/C30H44O3/c1-19(9-8-10-20(2)26(32)33)21-13-17-29(6)22(21)11-12-24-28(5)16-15-25(31)27(3,4)23(28)14-18-30(24,29)7/h10-11,15-16,19,21,23-24H,8-9,12-14,17-18H2,1-7H3,(H,32,33). The summed E-state index contributed by atoms with van der Waals surface area (Å²) in [4.78, 5) is 23.9. The first kappa shape index (κ1) is 24.5. The third kappa shape index (κ3) is 3.43. The number of carbonyl (C=O) groups excluding carboxylic acids is 1. The Balaban J connectivity index is 1.61. The highest BCUT2D eigenvalue weighted by Crippen LogP contribution is 2.73. The van der Waals surface area contributed by atoms with Gasteiger partial charge in [0.25, 0.3) is 0 Å². The number of hydrogen-bond acceptors (Lipinski definition) is 2. The molecule has 3 nitrogen and oxygen atoms in total. The lowest BCUT2D eigenvalue weighted by atomic mass is 9.38. The van der Waals surface area contributed by atoms with E-state index in [1.165, 1.54) is 19.3 Å². The molecular formula is C30H44O3. The van der Waals surface area contributed by atoms with E-state index in [4.69, 9.17) is 5.11 Å². The molecule has 0 heterocycles. The average Bonchev–Trinajstić information content (AvgIpc) is 3.09. The second kappa shape index (κ2) is 7.95. The molecule has 4 aliphatic carbocycles. The second-order valence-electron chi connectivity index (χ2n) is 13.0. The van der Waals surface area contributed by atoms with Gasteiger partial charge in [-0.3, -0.25) is 4.79 Å². The van der Waals surface area contributed by atoms with Gasteiger partial charge in [-0.25, -0.2) is 4.79 Å². The van der Waals surface area contributed by atoms with E-state index in [9.17, 15) is 9.59 Å². The molecule has 0 aromatic carbocycles. The molecule has 0 saturated heterocycles. The van der Waals surface area contributed by atoms with E-state index >= 15 is 0 Å². The van der Waals surface area contributed by atoms with Crippen LogP contribution in [-0.2, 0) is 9.59 Å². The van der Waals surface area contributed by atoms with Crippen LogP contribution < -0.4 is 0 Å². The molecule has 7 unspecified atom stereocenters. The van der Waals surface area contributed by atoms with Crippen molar-refractivity contribution in [3.8, 4) is 0 Å². The highest BCUT2D eigenvalue weighted by molar-refractivity contribution is 5.95. The van der Waals surface area contributed by atoms with Crippen LogP contribution in [0.2, 0.25) is 0 Å². The number of ketones is 1. The predicted molar refractivity (Wildman–Crippen MR) is 134 cm³/mol. The molecule has 1 N–H and O–H groups in total. The Morgan fingerprint density at radius 1 is 1.15 bits per heavy atom. The highest BCUT2D eigenvalue weighted by atomic mass is 16.4. The van der Waals surface area contributed by atoms with Crippen molar-refractivity contribution in [1.82, 2.24) is 0 Å². The van der Waals surface area contributed by atoms with Crippen molar-refractivity contribution in [3.05, 3.63) is 35.5 Å². The third-order valence-electron chi connectivity index (χ3n) is 11.2. The molecule has 0 aromatic rings. The van der Waals surface area contributed by atoms with Crippen molar-refractivity contribution in [2.75, 3.05) is 0 Å². The molecule has 0 radical (unpaired) electrons. The lowest BCUT2D eigenvalue weighted by molar-refractivity contribution is -0.148. The second-order valence-corrected chi connectivity index (χ2v) is 13.0. The van der Waals surface area contributed by atoms with Crippen molar-refractivity contribution >= 4 is 11.8 Å². The highest BCUT2D eigenvalue weighted by Gasteiger charge is 2.66. The number of fused-ring (bicyclic) bond motifs is 5. The third-order valence-corrected chi connectivity index (χ3v) is 11.2. The van der Waals surface area contributed by atoms with Crippen LogP contribution in [0.3, 0.4) is 0 Å². The van der Waals surface area contributed by atoms with Gasteiger partial charge in [-0.05, 0) is 97.9 Å². The van der Waals surface area contributed by atoms with Gasteiger partial charge >= 0.3 is 5.97 Å². The molecule has 0 aromatic heterocycles. The molecule has 7 atom stereocenters. The van der Waals surface area contributed by atoms with Crippen LogP contribution in [0.5, 0.6) is 0 Å². The lowest BCUT2D eigenvalue weighted by Crippen LogP contribution is -2.60. The predicted octanol–water partition coefficient (Wildman–Crippen LogP) is 7.38. The van der Waals surface area contributed by atoms with E-state index in [2.05, 4.69) is 53.7 Å². The summed E-state index contributed by atoms with van der Waals surface area (Å²) in [6, 6.07) is 0. The molecule has 33 heavy (non-hydrogen) atoms. The van der Waals surface area contributed by atoms with Gasteiger partial charge in [0.15, 0.2) is 5.78 Å². The van der Waals surface area contributed by atoms with Crippen LogP contribution in [-0.4, -0.2) is 16.9 Å². The molecule has 2 saturated carbocycles. The Hall–Kier alpha value is -1.64. The van der Waals surface area contributed by atoms with Crippen molar-refractivity contribution in [3.63, 3.8) is 0 Å². The first-order valence-corrected chi connectivity index (χ1v) is 13.1. The Morgan fingerprint density at radius 2 is 1.85 bits per heavy atom. The zero-order valence-corrected chi connectivity index (χ0v) is 21.8. The minimum Gasteiger partial charge on any atom is -0.478 e. The minimum atomic E-state index is -0.809. The van der Waals surface area contributed by atoms with Crippen LogP contribution in [0.1, 0.15) is 93.4 Å². The zero-order valence-electron chi connectivity index (χ0n) is 21.8. The van der Waals surface area contributed by atoms with Gasteiger partial charge in [-0.15, -0.1) is 0 Å². The Bertz CT molecular complexity index is 936. The summed E-state index contributed by atoms with van der Waals surface area (Å²) in [5.74, 6) is 1.64. The molecule has 182 valence electrons. The van der Waals surface area contributed by atoms with Gasteiger partial charge in [0.1, 0.15) is 0 Å². The quantitative estimate of drug-likeness (QED) is 0.349. The number of allylic oxidation sites excluding steroid dienone is 5. The SMILES string of the molecule is CC(=CCCC(C)C1CCC2(C)C1=CCC1C3(C)C=CC(=O)C(C)(C)C3CCC12C)C(=O)O. The summed E-state index contributed by atoms with van der Waals surface area (Å²) in [5, 5.41) is 9.13. The van der Waals surface area contributed by atoms with Crippen LogP contribution >= 0.6 is 0 Å². The van der Waals surface area contributed by atoms with Crippen LogP contribution in [0.4, 0.5) is 0 Å². The van der Waals surface area contributed by atoms with Gasteiger partial charge in [0.05, 0.1) is 0 Å². The van der Waals surface area contributed by atoms with Gasteiger partial charge in [-0.1, -0.05) is 65.3 Å². The first-order valence-electron chi connectivity index (χ1n) is 13.1. The molecule has 0 amide bonds. The fourth-order valence-electron chi connectivity index (χ4n) is 8.88. The van der Waals surface area contributed by atoms with Crippen molar-refractivity contribution in [1.29, 1.82) is 0 Å². The maximum absolute atomic E-state index is 12.7. The van der Waals surface area contributed by atoms with Crippen molar-refractivity contribution in [2.24, 2.45) is 45.3 Å². The van der Waals surface area contributed by atoms with Crippen LogP contribution in [0.25, 0.3) is 0 Å². The van der Waals surface area contributed by atoms with Gasteiger partial charge in [0.2, 0.25) is 0 Å². The van der Waals surface area contributed by atoms with Crippen LogP contribution in [0.15, 0.2) is 35.5 Å². The minimum absolute atomic E-state index is 0.0678. The molecule has 0 bridgehead atoms. The lowest BCUT2D eigenvalue weighted by Gasteiger charge is -2.66. The van der Waals surface area contributed by atoms with E-state index in [0.717, 1.165) is 25.7 Å². The summed E-state index contributed by atoms with van der Waals surface area (Å²) >= 11 is 0. The normalized spacial score (nSPS) is 42.8. The summed E-state index contributed by atoms with van der Waals surface area (Å²) in [6.45, 7) is 15.9. The Morgan fingerprint density at radius 3 is 2.52 bits per heavy atom. The summed E-state index contributed by atoms with van der Waals surface area (Å²) < 4.78 is 0. The molecule has 0 aliphatic heterocycles. The largest absolute Gasteiger partial charge is 0.478 e. The maximum Gasteiger partial charge on any atom is 0.330 e. The van der Waals surface area contributed by atoms with E-state index < -0.39 is 5.97 Å². The van der Waals surface area contributed by atoms with E-state index in [0.29, 0.717) is 35.0 Å². The number of aliphatic carboxylic acids is 1. The van der Waals surface area contributed by atoms with Gasteiger partial charge in [-0.2, -0.15) is 0 Å². The average molecular weight is 453 g/mol. The van der Waals surface area contributed by atoms with E-state index in [1.807, 2.05) is 12.2 Å². The molecule has 2 fully saturated rings. The van der Waals surface area contributed by atoms with Gasteiger partial charge in [0, 0.05) is 11.0 Å². The molecule has 4 rings (SSSR count). The summed E-state index contributed by atoms with van der Waals surface area (Å²) in [7, 11) is 0. The van der Waals surface area contributed by atoms with Crippen LogP contribution in [0, 0.1) is 45.3 Å². The van der Waals surface area contributed by atoms with Crippen molar-refractivity contribution in [2.45, 2.75) is 93.4 Å². The molecule has 0 spiro atoms. The number of carbonyl (C=O) groups is 2. The fraction of sp³-hybridized carbons (Fsp3) is 0.733. The topological polar surface area (TPSA) is 54.4 Å². The smallest absolute Gasteiger partial charge is 0.330 e. The molecule has 3 heteroatoms. The van der Waals surface area contributed by atoms with E-state index in [-0.39, 0.29) is 21.7 Å². The monoisotopic (exact) mass is 452 g/mol.